The van der Waals surface area contributed by atoms with Crippen LogP contribution in [0.2, 0.25) is 0 Å². The Morgan fingerprint density at radius 1 is 1.27 bits per heavy atom. The lowest BCUT2D eigenvalue weighted by atomic mass is 9.93. The molecule has 1 amide bonds. The maximum atomic E-state index is 11.9. The molecule has 1 heterocycles. The van der Waals surface area contributed by atoms with Gasteiger partial charge in [-0.3, -0.25) is 9.69 Å². The van der Waals surface area contributed by atoms with Crippen LogP contribution in [0.1, 0.15) is 51.0 Å². The molecule has 144 valence electrons. The van der Waals surface area contributed by atoms with E-state index in [0.29, 0.717) is 25.0 Å². The number of nitrogens with one attached hydrogen (secondary N) is 1. The van der Waals surface area contributed by atoms with Crippen molar-refractivity contribution in [2.45, 2.75) is 58.0 Å². The summed E-state index contributed by atoms with van der Waals surface area (Å²) in [4.78, 5) is 14.4. The van der Waals surface area contributed by atoms with Crippen molar-refractivity contribution in [2.24, 2.45) is 5.92 Å². The van der Waals surface area contributed by atoms with Crippen LogP contribution in [0, 0.1) is 5.92 Å². The Bertz CT molecular complexity index is 601. The van der Waals surface area contributed by atoms with Gasteiger partial charge in [-0.05, 0) is 69.2 Å². The monoisotopic (exact) mass is 360 g/mol. The van der Waals surface area contributed by atoms with E-state index in [1.165, 1.54) is 18.4 Å². The van der Waals surface area contributed by atoms with Gasteiger partial charge in [0.25, 0.3) is 0 Å². The molecule has 0 bridgehead atoms. The first-order valence-electron chi connectivity index (χ1n) is 9.99. The average Bonchev–Trinajstić information content (AvgIpc) is 3.45. The number of carbonyl (C=O) groups excluding carboxylic acids is 1. The highest BCUT2D eigenvalue weighted by Crippen LogP contribution is 2.29. The number of hydrogen-bond acceptors (Lipinski definition) is 4. The lowest BCUT2D eigenvalue weighted by Crippen LogP contribution is -2.35. The third-order valence-electron chi connectivity index (χ3n) is 5.26. The van der Waals surface area contributed by atoms with Crippen LogP contribution in [0.3, 0.4) is 0 Å². The fourth-order valence-corrected chi connectivity index (χ4v) is 3.74. The summed E-state index contributed by atoms with van der Waals surface area (Å²) < 4.78 is 11.1. The van der Waals surface area contributed by atoms with E-state index >= 15 is 0 Å². The second-order valence-corrected chi connectivity index (χ2v) is 7.54. The number of carbonyl (C=O) groups is 1. The quantitative estimate of drug-likeness (QED) is 0.734. The Hall–Kier alpha value is -1.75. The predicted molar refractivity (Wildman–Crippen MR) is 103 cm³/mol. The van der Waals surface area contributed by atoms with Gasteiger partial charge in [-0.2, -0.15) is 0 Å². The van der Waals surface area contributed by atoms with Crippen molar-refractivity contribution >= 4 is 5.91 Å². The minimum absolute atomic E-state index is 0.237. The second kappa shape index (κ2) is 9.26. The summed E-state index contributed by atoms with van der Waals surface area (Å²) in [6.07, 6.45) is 6.44. The molecule has 0 radical (unpaired) electrons. The molecule has 1 aliphatic heterocycles. The average molecular weight is 360 g/mol. The number of hydrogen-bond donors (Lipinski definition) is 1. The van der Waals surface area contributed by atoms with E-state index in [0.717, 1.165) is 50.4 Å². The van der Waals surface area contributed by atoms with Gasteiger partial charge in [0.15, 0.2) is 11.5 Å². The summed E-state index contributed by atoms with van der Waals surface area (Å²) in [5, 5.41) is 3.10. The summed E-state index contributed by atoms with van der Waals surface area (Å²) in [6.45, 7) is 5.75. The van der Waals surface area contributed by atoms with E-state index in [-0.39, 0.29) is 5.91 Å². The molecule has 1 saturated heterocycles. The van der Waals surface area contributed by atoms with Crippen LogP contribution in [-0.4, -0.2) is 43.7 Å². The standard InChI is InChI=1S/C21H32N2O3/c1-3-26-20-13-17(6-10-19(20)25-2)15-23-12-4-5-16(14-23)7-11-21(24)22-18-8-9-18/h6,10,13,16,18H,3-5,7-9,11-12,14-15H2,1-2H3,(H,22,24)/t16-/m1/s1. The SMILES string of the molecule is CCOc1cc(CN2CCC[C@H](CCC(=O)NC3CC3)C2)ccc1OC. The molecule has 3 rings (SSSR count). The summed E-state index contributed by atoms with van der Waals surface area (Å²) >= 11 is 0. The zero-order valence-corrected chi connectivity index (χ0v) is 16.1. The van der Waals surface area contributed by atoms with Crippen LogP contribution in [-0.2, 0) is 11.3 Å². The van der Waals surface area contributed by atoms with E-state index in [1.54, 1.807) is 7.11 Å². The van der Waals surface area contributed by atoms with Gasteiger partial charge in [0.1, 0.15) is 0 Å². The number of likely N-dealkylation sites (tertiary alicyclic amines) is 1. The van der Waals surface area contributed by atoms with Crippen molar-refractivity contribution in [1.82, 2.24) is 10.2 Å². The van der Waals surface area contributed by atoms with Crippen LogP contribution in [0.25, 0.3) is 0 Å². The van der Waals surface area contributed by atoms with E-state index in [4.69, 9.17) is 9.47 Å². The van der Waals surface area contributed by atoms with Gasteiger partial charge in [0, 0.05) is 25.6 Å². The Morgan fingerprint density at radius 2 is 2.12 bits per heavy atom. The maximum Gasteiger partial charge on any atom is 0.220 e. The van der Waals surface area contributed by atoms with Gasteiger partial charge >= 0.3 is 0 Å². The first-order valence-corrected chi connectivity index (χ1v) is 9.99. The molecule has 1 N–H and O–H groups in total. The largest absolute Gasteiger partial charge is 0.493 e. The number of methoxy groups -OCH3 is 1. The Kier molecular flexibility index (Phi) is 6.78. The highest BCUT2D eigenvalue weighted by Gasteiger charge is 2.25. The van der Waals surface area contributed by atoms with Crippen molar-refractivity contribution in [2.75, 3.05) is 26.8 Å². The van der Waals surface area contributed by atoms with Crippen molar-refractivity contribution in [1.29, 1.82) is 0 Å². The van der Waals surface area contributed by atoms with E-state index in [1.807, 2.05) is 13.0 Å². The van der Waals surface area contributed by atoms with Gasteiger partial charge in [0.2, 0.25) is 5.91 Å². The Morgan fingerprint density at radius 3 is 2.85 bits per heavy atom. The topological polar surface area (TPSA) is 50.8 Å². The molecule has 2 fully saturated rings. The summed E-state index contributed by atoms with van der Waals surface area (Å²) in [7, 11) is 1.67. The number of rotatable bonds is 9. The third kappa shape index (κ3) is 5.63. The molecular formula is C21H32N2O3. The lowest BCUT2D eigenvalue weighted by Gasteiger charge is -2.32. The molecular weight excluding hydrogens is 328 g/mol. The zero-order chi connectivity index (χ0) is 18.4. The van der Waals surface area contributed by atoms with Crippen LogP contribution in [0.4, 0.5) is 0 Å². The van der Waals surface area contributed by atoms with Gasteiger partial charge in [0.05, 0.1) is 13.7 Å². The molecule has 1 aromatic rings. The smallest absolute Gasteiger partial charge is 0.220 e. The zero-order valence-electron chi connectivity index (χ0n) is 16.1. The number of benzene rings is 1. The second-order valence-electron chi connectivity index (χ2n) is 7.54. The molecule has 1 aromatic carbocycles. The molecule has 1 saturated carbocycles. The predicted octanol–water partition coefficient (Wildman–Crippen LogP) is 3.36. The van der Waals surface area contributed by atoms with E-state index in [2.05, 4.69) is 22.3 Å². The minimum atomic E-state index is 0.237. The maximum absolute atomic E-state index is 11.9. The molecule has 5 nitrogen and oxygen atoms in total. The number of nitrogens with zero attached hydrogens (tertiary/aromatic N) is 1. The summed E-state index contributed by atoms with van der Waals surface area (Å²) in [6, 6.07) is 6.67. The Balaban J connectivity index is 1.49. The summed E-state index contributed by atoms with van der Waals surface area (Å²) in [5.74, 6) is 2.46. The molecule has 0 spiro atoms. The van der Waals surface area contributed by atoms with Crippen LogP contribution >= 0.6 is 0 Å². The van der Waals surface area contributed by atoms with Gasteiger partial charge < -0.3 is 14.8 Å². The first kappa shape index (κ1) is 19.0. The number of piperidine rings is 1. The molecule has 0 aromatic heterocycles. The van der Waals surface area contributed by atoms with Crippen LogP contribution in [0.5, 0.6) is 11.5 Å². The van der Waals surface area contributed by atoms with Crippen LogP contribution in [0.15, 0.2) is 18.2 Å². The highest BCUT2D eigenvalue weighted by molar-refractivity contribution is 5.76. The molecule has 26 heavy (non-hydrogen) atoms. The van der Waals surface area contributed by atoms with Gasteiger partial charge in [-0.15, -0.1) is 0 Å². The van der Waals surface area contributed by atoms with Crippen molar-refractivity contribution in [3.63, 3.8) is 0 Å². The van der Waals surface area contributed by atoms with Crippen molar-refractivity contribution in [3.05, 3.63) is 23.8 Å². The normalized spacial score (nSPS) is 20.6. The first-order chi connectivity index (χ1) is 12.7. The molecule has 1 aliphatic carbocycles. The van der Waals surface area contributed by atoms with Gasteiger partial charge in [-0.1, -0.05) is 6.07 Å². The van der Waals surface area contributed by atoms with E-state index in [9.17, 15) is 4.79 Å². The molecule has 1 atom stereocenters. The van der Waals surface area contributed by atoms with Crippen LogP contribution < -0.4 is 14.8 Å². The minimum Gasteiger partial charge on any atom is -0.493 e. The number of ether oxygens (including phenoxy) is 2. The fourth-order valence-electron chi connectivity index (χ4n) is 3.74. The third-order valence-corrected chi connectivity index (χ3v) is 5.26. The lowest BCUT2D eigenvalue weighted by molar-refractivity contribution is -0.121. The molecule has 2 aliphatic rings. The highest BCUT2D eigenvalue weighted by atomic mass is 16.5. The van der Waals surface area contributed by atoms with E-state index < -0.39 is 0 Å². The van der Waals surface area contributed by atoms with Gasteiger partial charge in [-0.25, -0.2) is 0 Å². The molecule has 0 unspecified atom stereocenters. The molecule has 5 heteroatoms. The van der Waals surface area contributed by atoms with Crippen molar-refractivity contribution in [3.8, 4) is 11.5 Å². The Labute approximate surface area is 157 Å². The van der Waals surface area contributed by atoms with Crippen molar-refractivity contribution < 1.29 is 14.3 Å². The number of amides is 1. The fraction of sp³-hybridized carbons (Fsp3) is 0.667. The summed E-state index contributed by atoms with van der Waals surface area (Å²) in [5.41, 5.74) is 1.25.